The molecule has 35 heavy (non-hydrogen) atoms. The number of halogens is 4. The van der Waals surface area contributed by atoms with E-state index < -0.39 is 41.2 Å². The van der Waals surface area contributed by atoms with Crippen molar-refractivity contribution in [2.24, 2.45) is 0 Å². The number of rotatable bonds is 5. The van der Waals surface area contributed by atoms with Gasteiger partial charge < -0.3 is 26.0 Å². The van der Waals surface area contributed by atoms with Crippen LogP contribution in [0, 0.1) is 0 Å². The summed E-state index contributed by atoms with van der Waals surface area (Å²) in [6.45, 7) is -0.521. The maximum atomic E-state index is 13.1. The average molecular weight is 509 g/mol. The average Bonchev–Trinajstić information content (AvgIpc) is 3.16. The molecule has 1 heterocycles. The number of aryl methyl sites for hydroxylation is 1. The normalized spacial score (nSPS) is 15.4. The zero-order valence-corrected chi connectivity index (χ0v) is 18.8. The lowest BCUT2D eigenvalue weighted by Crippen LogP contribution is -2.41. The molecule has 0 saturated carbocycles. The van der Waals surface area contributed by atoms with E-state index in [9.17, 15) is 27.6 Å². The summed E-state index contributed by atoms with van der Waals surface area (Å²) in [6, 6.07) is 7.17. The van der Waals surface area contributed by atoms with Crippen molar-refractivity contribution in [3.05, 3.63) is 63.8 Å². The van der Waals surface area contributed by atoms with E-state index in [0.29, 0.717) is 35.7 Å². The molecule has 0 radical (unpaired) electrons. The number of urea groups is 1. The van der Waals surface area contributed by atoms with Crippen LogP contribution in [0.25, 0.3) is 10.9 Å². The largest absolute Gasteiger partial charge is 0.480 e. The molecule has 0 fully saturated rings. The molecule has 0 aliphatic heterocycles. The Kier molecular flexibility index (Phi) is 6.62. The number of aliphatic carboxylic acids is 1. The fourth-order valence-electron chi connectivity index (χ4n) is 4.21. The number of H-pyrrole nitrogens is 1. The first-order valence-corrected chi connectivity index (χ1v) is 11.0. The predicted octanol–water partition coefficient (Wildman–Crippen LogP) is 4.33. The number of carbonyl (C=O) groups is 3. The second kappa shape index (κ2) is 9.49. The Morgan fingerprint density at radius 2 is 1.94 bits per heavy atom. The van der Waals surface area contributed by atoms with Gasteiger partial charge in [0.2, 0.25) is 0 Å². The SMILES string of the molecule is O=C(O)CNC(=O)c1cccc2[nH]c3c(c12)CC(NC(=O)Nc1ccc(Cl)c(C(F)(F)F)c1)CC3. The molecule has 4 rings (SSSR count). The Morgan fingerprint density at radius 3 is 2.66 bits per heavy atom. The summed E-state index contributed by atoms with van der Waals surface area (Å²) in [5.74, 6) is -1.70. The number of aromatic nitrogens is 1. The van der Waals surface area contributed by atoms with E-state index in [2.05, 4.69) is 20.9 Å². The smallest absolute Gasteiger partial charge is 0.417 e. The number of aromatic amines is 1. The van der Waals surface area contributed by atoms with Crippen LogP contribution in [0.5, 0.6) is 0 Å². The van der Waals surface area contributed by atoms with Gasteiger partial charge in [0.25, 0.3) is 5.91 Å². The number of alkyl halides is 3. The molecule has 1 aliphatic carbocycles. The number of nitrogens with one attached hydrogen (secondary N) is 4. The van der Waals surface area contributed by atoms with Gasteiger partial charge in [0.1, 0.15) is 6.54 Å². The minimum Gasteiger partial charge on any atom is -0.480 e. The summed E-state index contributed by atoms with van der Waals surface area (Å²) in [7, 11) is 0. The van der Waals surface area contributed by atoms with Crippen molar-refractivity contribution < 1.29 is 32.7 Å². The van der Waals surface area contributed by atoms with Crippen molar-refractivity contribution in [2.45, 2.75) is 31.5 Å². The highest BCUT2D eigenvalue weighted by molar-refractivity contribution is 6.31. The van der Waals surface area contributed by atoms with Crippen LogP contribution in [0.15, 0.2) is 36.4 Å². The lowest BCUT2D eigenvalue weighted by Gasteiger charge is -2.24. The summed E-state index contributed by atoms with van der Waals surface area (Å²) in [6.07, 6.45) is -3.14. The van der Waals surface area contributed by atoms with Crippen LogP contribution in [0.1, 0.15) is 33.6 Å². The predicted molar refractivity (Wildman–Crippen MR) is 123 cm³/mol. The van der Waals surface area contributed by atoms with Gasteiger partial charge >= 0.3 is 18.2 Å². The second-order valence-electron chi connectivity index (χ2n) is 8.12. The standard InChI is InChI=1S/C23H20ClF3N4O4/c24-16-6-4-12(9-15(16)23(25,26)27)30-22(35)29-11-5-7-17-14(8-11)20-13(2-1-3-18(20)31-17)21(34)28-10-19(32)33/h1-4,6,9,11,31H,5,7-8,10H2,(H,28,34)(H,32,33)(H2,29,30,35). The summed E-state index contributed by atoms with van der Waals surface area (Å²) in [5, 5.41) is 16.5. The van der Waals surface area contributed by atoms with Crippen molar-refractivity contribution in [2.75, 3.05) is 11.9 Å². The van der Waals surface area contributed by atoms with Gasteiger partial charge in [-0.05, 0) is 55.2 Å². The number of hydrogen-bond acceptors (Lipinski definition) is 3. The van der Waals surface area contributed by atoms with Crippen molar-refractivity contribution in [3.63, 3.8) is 0 Å². The maximum Gasteiger partial charge on any atom is 0.417 e. The Labute approximate surface area is 201 Å². The van der Waals surface area contributed by atoms with E-state index in [0.717, 1.165) is 23.4 Å². The molecule has 0 bridgehead atoms. The van der Waals surface area contributed by atoms with Gasteiger partial charge in [-0.25, -0.2) is 4.79 Å². The number of hydrogen-bond donors (Lipinski definition) is 5. The first-order valence-electron chi connectivity index (χ1n) is 10.6. The third-order valence-corrected chi connectivity index (χ3v) is 6.05. The molecule has 2 aromatic carbocycles. The number of benzene rings is 2. The molecule has 8 nitrogen and oxygen atoms in total. The Hall–Kier alpha value is -3.73. The van der Waals surface area contributed by atoms with E-state index in [1.165, 1.54) is 6.07 Å². The van der Waals surface area contributed by atoms with Crippen LogP contribution in [-0.2, 0) is 23.8 Å². The molecule has 3 aromatic rings. The second-order valence-corrected chi connectivity index (χ2v) is 8.52. The van der Waals surface area contributed by atoms with Crippen LogP contribution < -0.4 is 16.0 Å². The Balaban J connectivity index is 1.50. The van der Waals surface area contributed by atoms with Gasteiger partial charge in [-0.1, -0.05) is 17.7 Å². The highest BCUT2D eigenvalue weighted by atomic mass is 35.5. The van der Waals surface area contributed by atoms with Crippen LogP contribution in [-0.4, -0.2) is 40.6 Å². The zero-order valence-electron chi connectivity index (χ0n) is 18.1. The monoisotopic (exact) mass is 508 g/mol. The molecule has 0 spiro atoms. The lowest BCUT2D eigenvalue weighted by molar-refractivity contribution is -0.137. The molecule has 3 amide bonds. The van der Waals surface area contributed by atoms with Crippen LogP contribution in [0.4, 0.5) is 23.7 Å². The van der Waals surface area contributed by atoms with E-state index in [1.807, 2.05) is 0 Å². The maximum absolute atomic E-state index is 13.1. The topological polar surface area (TPSA) is 123 Å². The highest BCUT2D eigenvalue weighted by Gasteiger charge is 2.33. The van der Waals surface area contributed by atoms with Gasteiger partial charge in [-0.15, -0.1) is 0 Å². The van der Waals surface area contributed by atoms with Crippen LogP contribution in [0.2, 0.25) is 5.02 Å². The van der Waals surface area contributed by atoms with Gasteiger partial charge in [-0.2, -0.15) is 13.2 Å². The molecule has 1 atom stereocenters. The Bertz CT molecular complexity index is 1320. The van der Waals surface area contributed by atoms with Crippen LogP contribution in [0.3, 0.4) is 0 Å². The van der Waals surface area contributed by atoms with Gasteiger partial charge in [0, 0.05) is 33.9 Å². The minimum atomic E-state index is -4.66. The minimum absolute atomic E-state index is 0.0554. The first kappa shape index (κ1) is 24.4. The number of carboxylic acid groups (broad SMARTS) is 1. The molecule has 1 aromatic heterocycles. The fraction of sp³-hybridized carbons (Fsp3) is 0.261. The third-order valence-electron chi connectivity index (χ3n) is 5.72. The number of fused-ring (bicyclic) bond motifs is 3. The van der Waals surface area contributed by atoms with Gasteiger partial charge in [0.15, 0.2) is 0 Å². The molecular formula is C23H20ClF3N4O4. The third kappa shape index (κ3) is 5.35. The van der Waals surface area contributed by atoms with Crippen molar-refractivity contribution in [1.82, 2.24) is 15.6 Å². The summed E-state index contributed by atoms with van der Waals surface area (Å²) in [4.78, 5) is 39.2. The molecular weight excluding hydrogens is 489 g/mol. The molecule has 5 N–H and O–H groups in total. The van der Waals surface area contributed by atoms with E-state index in [-0.39, 0.29) is 11.7 Å². The van der Waals surface area contributed by atoms with Crippen molar-refractivity contribution in [3.8, 4) is 0 Å². The molecule has 0 saturated heterocycles. The summed E-state index contributed by atoms with van der Waals surface area (Å²) in [5.41, 5.74) is 1.65. The molecule has 1 aliphatic rings. The number of amides is 3. The van der Waals surface area contributed by atoms with Gasteiger partial charge in [0.05, 0.1) is 10.6 Å². The fourth-order valence-corrected chi connectivity index (χ4v) is 4.44. The Morgan fingerprint density at radius 1 is 1.17 bits per heavy atom. The van der Waals surface area contributed by atoms with E-state index >= 15 is 0 Å². The summed E-state index contributed by atoms with van der Waals surface area (Å²) < 4.78 is 39.2. The van der Waals surface area contributed by atoms with Crippen molar-refractivity contribution >= 4 is 46.1 Å². The van der Waals surface area contributed by atoms with Gasteiger partial charge in [-0.3, -0.25) is 9.59 Å². The van der Waals surface area contributed by atoms with Crippen molar-refractivity contribution in [1.29, 1.82) is 0 Å². The molecule has 12 heteroatoms. The van der Waals surface area contributed by atoms with E-state index in [1.54, 1.807) is 18.2 Å². The highest BCUT2D eigenvalue weighted by Crippen LogP contribution is 2.36. The zero-order chi connectivity index (χ0) is 25.3. The van der Waals surface area contributed by atoms with Crippen LogP contribution >= 0.6 is 11.6 Å². The molecule has 1 unspecified atom stereocenters. The quantitative estimate of drug-likeness (QED) is 0.352. The molecule has 184 valence electrons. The summed E-state index contributed by atoms with van der Waals surface area (Å²) >= 11 is 5.62. The first-order chi connectivity index (χ1) is 16.5. The number of carbonyl (C=O) groups excluding carboxylic acids is 2. The number of anilines is 1. The number of carboxylic acids is 1. The lowest BCUT2D eigenvalue weighted by atomic mass is 9.90. The van der Waals surface area contributed by atoms with E-state index in [4.69, 9.17) is 16.7 Å².